The van der Waals surface area contributed by atoms with Crippen LogP contribution in [0.5, 0.6) is 0 Å². The van der Waals surface area contributed by atoms with Gasteiger partial charge in [-0.3, -0.25) is 0 Å². The van der Waals surface area contributed by atoms with Gasteiger partial charge >= 0.3 is 0 Å². The summed E-state index contributed by atoms with van der Waals surface area (Å²) >= 11 is 0. The lowest BCUT2D eigenvalue weighted by atomic mass is 10.2. The molecule has 0 aromatic carbocycles. The van der Waals surface area contributed by atoms with Crippen LogP contribution in [0.25, 0.3) is 0 Å². The molecule has 0 fully saturated rings. The molecule has 2 heterocycles. The maximum Gasteiger partial charge on any atom is 0.185 e. The van der Waals surface area contributed by atoms with E-state index in [1.165, 1.54) is 0 Å². The Kier molecular flexibility index (Phi) is 2.82. The second kappa shape index (κ2) is 4.27. The molecule has 0 bridgehead atoms. The zero-order chi connectivity index (χ0) is 10.7. The molecule has 0 aliphatic carbocycles. The number of rotatable bonds is 3. The molecule has 5 heteroatoms. The van der Waals surface area contributed by atoms with E-state index in [-0.39, 0.29) is 0 Å². The largest absolute Gasteiger partial charge is 0.377 e. The zero-order valence-corrected chi connectivity index (χ0v) is 8.84. The summed E-state index contributed by atoms with van der Waals surface area (Å²) in [6, 6.07) is 0. The molecule has 1 radical (unpaired) electrons. The maximum absolute atomic E-state index is 4.94. The van der Waals surface area contributed by atoms with E-state index >= 15 is 0 Å². The first-order chi connectivity index (χ1) is 7.29. The third kappa shape index (κ3) is 2.24. The summed E-state index contributed by atoms with van der Waals surface area (Å²) in [5.74, 6) is 1.28. The number of nitrogens with zero attached hydrogens (tertiary/aromatic N) is 4. The lowest BCUT2D eigenvalue weighted by Crippen LogP contribution is -2.25. The quantitative estimate of drug-likeness (QED) is 0.667. The summed E-state index contributed by atoms with van der Waals surface area (Å²) in [6.07, 6.45) is 6.09. The van der Waals surface area contributed by atoms with Crippen molar-refractivity contribution in [3.8, 4) is 0 Å². The van der Waals surface area contributed by atoms with Crippen molar-refractivity contribution in [2.45, 2.75) is 0 Å². The van der Waals surface area contributed by atoms with Gasteiger partial charge in [-0.1, -0.05) is 12.2 Å². The van der Waals surface area contributed by atoms with E-state index < -0.39 is 0 Å². The first kappa shape index (κ1) is 9.92. The Labute approximate surface area is 88.8 Å². The van der Waals surface area contributed by atoms with Gasteiger partial charge in [0.25, 0.3) is 0 Å². The topological polar surface area (TPSA) is 51.3 Å². The summed E-state index contributed by atoms with van der Waals surface area (Å²) in [6.45, 7) is 1.32. The van der Waals surface area contributed by atoms with Crippen LogP contribution in [0.2, 0.25) is 0 Å². The zero-order valence-electron chi connectivity index (χ0n) is 8.84. The van der Waals surface area contributed by atoms with Crippen molar-refractivity contribution in [3.05, 3.63) is 23.9 Å². The van der Waals surface area contributed by atoms with E-state index in [0.717, 1.165) is 12.1 Å². The van der Waals surface area contributed by atoms with Crippen LogP contribution in [0.3, 0.4) is 0 Å². The fourth-order valence-electron chi connectivity index (χ4n) is 1.40. The first-order valence-corrected chi connectivity index (χ1v) is 4.74. The molecule has 2 aliphatic heterocycles. The van der Waals surface area contributed by atoms with E-state index in [0.29, 0.717) is 18.3 Å². The second-order valence-corrected chi connectivity index (χ2v) is 3.41. The molecule has 0 saturated carbocycles. The van der Waals surface area contributed by atoms with Crippen LogP contribution in [0.15, 0.2) is 34.1 Å². The molecule has 5 nitrogen and oxygen atoms in total. The van der Waals surface area contributed by atoms with Crippen molar-refractivity contribution in [1.82, 2.24) is 10.2 Å². The van der Waals surface area contributed by atoms with Gasteiger partial charge in [0.1, 0.15) is 6.61 Å². The van der Waals surface area contributed by atoms with Gasteiger partial charge in [-0.05, 0) is 0 Å². The predicted molar refractivity (Wildman–Crippen MR) is 58.7 cm³/mol. The van der Waals surface area contributed by atoms with Crippen molar-refractivity contribution in [1.29, 1.82) is 0 Å². The Morgan fingerprint density at radius 1 is 1.47 bits per heavy atom. The van der Waals surface area contributed by atoms with E-state index in [9.17, 15) is 0 Å². The van der Waals surface area contributed by atoms with Crippen molar-refractivity contribution >= 4 is 11.7 Å². The van der Waals surface area contributed by atoms with Crippen LogP contribution in [0, 0.1) is 0 Å². The highest BCUT2D eigenvalue weighted by molar-refractivity contribution is 6.13. The molecular weight excluding hydrogens is 192 g/mol. The molecule has 2 aliphatic rings. The molecule has 0 spiro atoms. The first-order valence-electron chi connectivity index (χ1n) is 4.74. The van der Waals surface area contributed by atoms with Crippen LogP contribution in [-0.2, 0) is 4.74 Å². The van der Waals surface area contributed by atoms with Gasteiger partial charge < -0.3 is 9.64 Å². The third-order valence-electron chi connectivity index (χ3n) is 2.08. The normalized spacial score (nSPS) is 19.6. The van der Waals surface area contributed by atoms with E-state index in [1.54, 1.807) is 7.11 Å². The van der Waals surface area contributed by atoms with Crippen molar-refractivity contribution in [3.63, 3.8) is 0 Å². The van der Waals surface area contributed by atoms with Gasteiger partial charge in [0.05, 0.1) is 0 Å². The minimum Gasteiger partial charge on any atom is -0.377 e. The number of ether oxygens (including phenoxy) is 1. The lowest BCUT2D eigenvalue weighted by molar-refractivity contribution is 0.243. The van der Waals surface area contributed by atoms with Gasteiger partial charge in [-0.25, -0.2) is 5.32 Å². The molecule has 2 rings (SSSR count). The molecular formula is C10H13N4O. The van der Waals surface area contributed by atoms with Gasteiger partial charge in [-0.15, -0.1) is 10.2 Å². The Hall–Kier alpha value is -1.62. The minimum absolute atomic E-state index is 0.403. The molecule has 0 atom stereocenters. The maximum atomic E-state index is 4.94. The number of likely N-dealkylation sites (N-methyl/N-ethyl adjacent to an activating group) is 1. The van der Waals surface area contributed by atoms with Crippen LogP contribution in [-0.4, -0.2) is 43.9 Å². The molecule has 0 aromatic rings. The van der Waals surface area contributed by atoms with Crippen LogP contribution >= 0.6 is 0 Å². The van der Waals surface area contributed by atoms with E-state index in [1.807, 2.05) is 19.3 Å². The van der Waals surface area contributed by atoms with Crippen molar-refractivity contribution in [2.24, 2.45) is 10.2 Å². The van der Waals surface area contributed by atoms with Crippen molar-refractivity contribution in [2.75, 3.05) is 27.3 Å². The van der Waals surface area contributed by atoms with Gasteiger partial charge in [-0.2, -0.15) is 0 Å². The number of hydrogen-bond donors (Lipinski definition) is 0. The van der Waals surface area contributed by atoms with Gasteiger partial charge in [0.2, 0.25) is 0 Å². The average molecular weight is 205 g/mol. The smallest absolute Gasteiger partial charge is 0.185 e. The average Bonchev–Trinajstić information content (AvgIpc) is 2.67. The predicted octanol–water partition coefficient (Wildman–Crippen LogP) is 0.348. The molecule has 0 amide bonds. The summed E-state index contributed by atoms with van der Waals surface area (Å²) in [5, 5.41) is 12.2. The Morgan fingerprint density at radius 3 is 3.07 bits per heavy atom. The molecule has 15 heavy (non-hydrogen) atoms. The van der Waals surface area contributed by atoms with Crippen LogP contribution in [0.4, 0.5) is 0 Å². The molecule has 0 aromatic heterocycles. The highest BCUT2D eigenvalue weighted by Gasteiger charge is 2.17. The van der Waals surface area contributed by atoms with E-state index in [4.69, 9.17) is 4.74 Å². The monoisotopic (exact) mass is 205 g/mol. The lowest BCUT2D eigenvalue weighted by Gasteiger charge is -2.17. The summed E-state index contributed by atoms with van der Waals surface area (Å²) in [7, 11) is 3.62. The number of hydrogen-bond acceptors (Lipinski definition) is 4. The van der Waals surface area contributed by atoms with Crippen LogP contribution in [0.1, 0.15) is 0 Å². The fraction of sp³-hybridized carbons (Fsp3) is 0.400. The second-order valence-electron chi connectivity index (χ2n) is 3.41. The number of amidine groups is 2. The summed E-state index contributed by atoms with van der Waals surface area (Å²) in [4.78, 5) is 2.07. The highest BCUT2D eigenvalue weighted by Crippen LogP contribution is 2.10. The molecule has 0 N–H and O–H groups in total. The minimum atomic E-state index is 0.403. The fourth-order valence-corrected chi connectivity index (χ4v) is 1.40. The SMILES string of the molecule is COCC1=NN=C(C2=CN(C)CC=C2)[N]1. The Morgan fingerprint density at radius 2 is 2.33 bits per heavy atom. The third-order valence-corrected chi connectivity index (χ3v) is 2.08. The standard InChI is InChI=1S/C10H13N4O/c1-14-5-3-4-8(6-14)10-11-9(7-15-2)12-13-10/h3-4,6H,5,7H2,1-2H3. The molecule has 0 saturated heterocycles. The van der Waals surface area contributed by atoms with E-state index in [2.05, 4.69) is 26.5 Å². The summed E-state index contributed by atoms with van der Waals surface area (Å²) < 4.78 is 4.94. The molecule has 79 valence electrons. The van der Waals surface area contributed by atoms with Crippen LogP contribution < -0.4 is 5.32 Å². The highest BCUT2D eigenvalue weighted by atomic mass is 16.5. The Balaban J connectivity index is 2.01. The summed E-state index contributed by atoms with van der Waals surface area (Å²) in [5.41, 5.74) is 0.985. The van der Waals surface area contributed by atoms with Gasteiger partial charge in [0, 0.05) is 32.5 Å². The van der Waals surface area contributed by atoms with Crippen molar-refractivity contribution < 1.29 is 4.74 Å². The Bertz CT molecular complexity index is 368. The number of methoxy groups -OCH3 is 1. The van der Waals surface area contributed by atoms with Gasteiger partial charge in [0.15, 0.2) is 11.7 Å². The molecule has 0 unspecified atom stereocenters.